The van der Waals surface area contributed by atoms with Crippen molar-refractivity contribution in [1.82, 2.24) is 25.0 Å². The number of benzene rings is 3. The van der Waals surface area contributed by atoms with E-state index in [0.29, 0.717) is 37.0 Å². The molecule has 1 aliphatic heterocycles. The van der Waals surface area contributed by atoms with Crippen molar-refractivity contribution >= 4 is 16.7 Å². The number of hydrogen-bond acceptors (Lipinski definition) is 6. The van der Waals surface area contributed by atoms with E-state index in [1.54, 1.807) is 19.3 Å². The van der Waals surface area contributed by atoms with Gasteiger partial charge in [0.1, 0.15) is 6.04 Å². The van der Waals surface area contributed by atoms with Gasteiger partial charge in [0.25, 0.3) is 5.91 Å². The number of aryl methyl sites for hydroxylation is 1. The van der Waals surface area contributed by atoms with E-state index >= 15 is 0 Å². The average molecular weight is 490 g/mol. The third-order valence-corrected chi connectivity index (χ3v) is 7.00. The molecule has 184 valence electrons. The first-order valence-corrected chi connectivity index (χ1v) is 12.5. The molecule has 1 unspecified atom stereocenters. The molecule has 1 aliphatic rings. The van der Waals surface area contributed by atoms with E-state index in [2.05, 4.69) is 68.6 Å². The lowest BCUT2D eigenvalue weighted by Gasteiger charge is -2.44. The van der Waals surface area contributed by atoms with Crippen LogP contribution in [0.3, 0.4) is 0 Å². The maximum atomic E-state index is 13.8. The van der Waals surface area contributed by atoms with Gasteiger partial charge in [-0.15, -0.1) is 10.2 Å². The Kier molecular flexibility index (Phi) is 6.20. The summed E-state index contributed by atoms with van der Waals surface area (Å²) in [7, 11) is 0. The first-order valence-electron chi connectivity index (χ1n) is 12.5. The Morgan fingerprint density at radius 2 is 1.54 bits per heavy atom. The Labute approximate surface area is 215 Å². The molecule has 3 aromatic carbocycles. The van der Waals surface area contributed by atoms with Crippen LogP contribution in [0.4, 0.5) is 0 Å². The lowest BCUT2D eigenvalue weighted by Crippen LogP contribution is -2.51. The molecule has 0 spiro atoms. The number of amides is 1. The molecule has 0 saturated carbocycles. The van der Waals surface area contributed by atoms with E-state index in [9.17, 15) is 4.79 Å². The minimum Gasteiger partial charge on any atom is -0.424 e. The number of nitrogens with zero attached hydrogens (tertiary/aromatic N) is 5. The normalized spacial score (nSPS) is 16.4. The van der Waals surface area contributed by atoms with Gasteiger partial charge >= 0.3 is 0 Å². The van der Waals surface area contributed by atoms with Crippen molar-refractivity contribution in [2.45, 2.75) is 19.0 Å². The molecular formula is C30H27N5O2. The van der Waals surface area contributed by atoms with Gasteiger partial charge in [-0.1, -0.05) is 84.9 Å². The summed E-state index contributed by atoms with van der Waals surface area (Å²) in [5.41, 5.74) is 2.95. The number of pyridine rings is 1. The summed E-state index contributed by atoms with van der Waals surface area (Å²) in [5, 5.41) is 10.4. The Morgan fingerprint density at radius 1 is 0.865 bits per heavy atom. The molecule has 1 atom stereocenters. The van der Waals surface area contributed by atoms with Crippen LogP contribution in [0.25, 0.3) is 10.8 Å². The van der Waals surface area contributed by atoms with Crippen LogP contribution in [0.1, 0.15) is 45.4 Å². The summed E-state index contributed by atoms with van der Waals surface area (Å²) in [6, 6.07) is 28.4. The molecule has 3 heterocycles. The van der Waals surface area contributed by atoms with Crippen molar-refractivity contribution in [3.8, 4) is 0 Å². The maximum absolute atomic E-state index is 13.8. The van der Waals surface area contributed by atoms with Gasteiger partial charge in [0.15, 0.2) is 0 Å². The number of rotatable bonds is 5. The largest absolute Gasteiger partial charge is 0.424 e. The molecule has 0 bridgehead atoms. The highest BCUT2D eigenvalue weighted by atomic mass is 16.4. The van der Waals surface area contributed by atoms with Gasteiger partial charge in [0, 0.05) is 44.3 Å². The Bertz CT molecular complexity index is 1470. The monoisotopic (exact) mass is 489 g/mol. The minimum atomic E-state index is -0.271. The van der Waals surface area contributed by atoms with Crippen LogP contribution in [-0.2, 0) is 0 Å². The number of piperazine rings is 1. The molecule has 7 nitrogen and oxygen atoms in total. The number of aromatic nitrogens is 3. The molecule has 0 radical (unpaired) electrons. The fourth-order valence-electron chi connectivity index (χ4n) is 5.26. The molecule has 37 heavy (non-hydrogen) atoms. The second-order valence-corrected chi connectivity index (χ2v) is 9.30. The van der Waals surface area contributed by atoms with Crippen LogP contribution in [0, 0.1) is 6.92 Å². The van der Waals surface area contributed by atoms with E-state index in [4.69, 9.17) is 4.42 Å². The smallest absolute Gasteiger partial charge is 0.256 e. The zero-order valence-electron chi connectivity index (χ0n) is 20.6. The quantitative estimate of drug-likeness (QED) is 0.337. The topological polar surface area (TPSA) is 75.4 Å². The van der Waals surface area contributed by atoms with Gasteiger partial charge < -0.3 is 9.32 Å². The van der Waals surface area contributed by atoms with Crippen LogP contribution in [0.2, 0.25) is 0 Å². The number of carbonyl (C=O) groups excluding carboxylic acids is 1. The molecule has 1 amide bonds. The highest BCUT2D eigenvalue weighted by Gasteiger charge is 2.39. The van der Waals surface area contributed by atoms with Crippen LogP contribution in [-0.4, -0.2) is 50.5 Å². The van der Waals surface area contributed by atoms with Gasteiger partial charge in [0.05, 0.1) is 11.6 Å². The third-order valence-electron chi connectivity index (χ3n) is 7.00. The molecule has 7 heteroatoms. The fraction of sp³-hybridized carbons (Fsp3) is 0.200. The highest BCUT2D eigenvalue weighted by Crippen LogP contribution is 2.38. The molecular weight excluding hydrogens is 462 g/mol. The molecule has 0 aliphatic carbocycles. The van der Waals surface area contributed by atoms with Crippen LogP contribution < -0.4 is 0 Å². The Morgan fingerprint density at radius 3 is 2.22 bits per heavy atom. The van der Waals surface area contributed by atoms with Gasteiger partial charge in [-0.25, -0.2) is 0 Å². The van der Waals surface area contributed by atoms with Crippen molar-refractivity contribution in [2.24, 2.45) is 0 Å². The second-order valence-electron chi connectivity index (χ2n) is 9.30. The van der Waals surface area contributed by atoms with Crippen LogP contribution in [0.5, 0.6) is 0 Å². The first kappa shape index (κ1) is 23.1. The Balaban J connectivity index is 1.39. The predicted molar refractivity (Wildman–Crippen MR) is 141 cm³/mol. The lowest BCUT2D eigenvalue weighted by atomic mass is 9.94. The Hall–Kier alpha value is -4.36. The van der Waals surface area contributed by atoms with Crippen molar-refractivity contribution < 1.29 is 9.21 Å². The van der Waals surface area contributed by atoms with E-state index in [1.165, 1.54) is 11.1 Å². The number of carbonyl (C=O) groups is 1. The zero-order valence-corrected chi connectivity index (χ0v) is 20.6. The van der Waals surface area contributed by atoms with E-state index in [-0.39, 0.29) is 18.0 Å². The number of hydrogen-bond donors (Lipinski definition) is 0. The first-order chi connectivity index (χ1) is 18.2. The number of fused-ring (bicyclic) bond motifs is 1. The molecule has 6 rings (SSSR count). The van der Waals surface area contributed by atoms with Crippen molar-refractivity contribution in [3.05, 3.63) is 126 Å². The van der Waals surface area contributed by atoms with Crippen molar-refractivity contribution in [3.63, 3.8) is 0 Å². The molecule has 1 saturated heterocycles. The molecule has 1 fully saturated rings. The average Bonchev–Trinajstić information content (AvgIpc) is 3.40. The van der Waals surface area contributed by atoms with Gasteiger partial charge in [-0.3, -0.25) is 14.7 Å². The summed E-state index contributed by atoms with van der Waals surface area (Å²) in [5.74, 6) is 0.983. The molecule has 5 aromatic rings. The van der Waals surface area contributed by atoms with E-state index < -0.39 is 0 Å². The second kappa shape index (κ2) is 9.95. The molecule has 0 N–H and O–H groups in total. The summed E-state index contributed by atoms with van der Waals surface area (Å²) >= 11 is 0. The third kappa shape index (κ3) is 4.49. The van der Waals surface area contributed by atoms with E-state index in [1.807, 2.05) is 41.3 Å². The maximum Gasteiger partial charge on any atom is 0.256 e. The highest BCUT2D eigenvalue weighted by molar-refractivity contribution is 6.06. The minimum absolute atomic E-state index is 0.0314. The van der Waals surface area contributed by atoms with Gasteiger partial charge in [-0.2, -0.15) is 0 Å². The van der Waals surface area contributed by atoms with E-state index in [0.717, 1.165) is 10.8 Å². The zero-order chi connectivity index (χ0) is 25.2. The SMILES string of the molecule is Cc1nnc(C2CN(C(=O)c3cncc4ccccc34)CCN2C(c2ccccc2)c2ccccc2)o1. The lowest BCUT2D eigenvalue weighted by molar-refractivity contribution is 0.0303. The standard InChI is InChI=1S/C30H27N5O2/c1-21-32-33-29(37-21)27-20-34(30(36)26-19-31-18-24-14-8-9-15-25(24)26)16-17-35(27)28(22-10-4-2-5-11-22)23-12-6-3-7-13-23/h2-15,18-19,27-28H,16-17,20H2,1H3. The van der Waals surface area contributed by atoms with Crippen molar-refractivity contribution in [2.75, 3.05) is 19.6 Å². The summed E-state index contributed by atoms with van der Waals surface area (Å²) in [6.45, 7) is 3.44. The predicted octanol–water partition coefficient (Wildman–Crippen LogP) is 5.21. The van der Waals surface area contributed by atoms with Crippen LogP contribution >= 0.6 is 0 Å². The molecule has 2 aromatic heterocycles. The fourth-order valence-corrected chi connectivity index (χ4v) is 5.26. The van der Waals surface area contributed by atoms with Gasteiger partial charge in [0.2, 0.25) is 11.8 Å². The van der Waals surface area contributed by atoms with Crippen LogP contribution in [0.15, 0.2) is 102 Å². The summed E-state index contributed by atoms with van der Waals surface area (Å²) in [6.07, 6.45) is 3.46. The van der Waals surface area contributed by atoms with Gasteiger partial charge in [-0.05, 0) is 16.5 Å². The van der Waals surface area contributed by atoms with Crippen molar-refractivity contribution in [1.29, 1.82) is 0 Å². The summed E-state index contributed by atoms with van der Waals surface area (Å²) < 4.78 is 5.96. The summed E-state index contributed by atoms with van der Waals surface area (Å²) in [4.78, 5) is 22.4.